The molecule has 5 heteroatoms. The van der Waals surface area contributed by atoms with Gasteiger partial charge in [0.05, 0.1) is 22.4 Å². The largest absolute Gasteiger partial charge is 0.495 e. The average Bonchev–Trinajstić information content (AvgIpc) is 3.06. The number of thiophene rings is 1. The van der Waals surface area contributed by atoms with Gasteiger partial charge < -0.3 is 14.6 Å². The molecule has 1 aromatic carbocycles. The molecule has 0 radical (unpaired) electrons. The van der Waals surface area contributed by atoms with Crippen LogP contribution in [0.5, 0.6) is 5.75 Å². The summed E-state index contributed by atoms with van der Waals surface area (Å²) in [4.78, 5) is 13.1. The summed E-state index contributed by atoms with van der Waals surface area (Å²) in [6, 6.07) is 9.75. The summed E-state index contributed by atoms with van der Waals surface area (Å²) >= 11 is 1.50. The quantitative estimate of drug-likeness (QED) is 0.768. The van der Waals surface area contributed by atoms with Crippen molar-refractivity contribution < 1.29 is 9.53 Å². The van der Waals surface area contributed by atoms with Gasteiger partial charge in [0, 0.05) is 23.8 Å². The molecule has 0 atom stereocenters. The molecule has 0 saturated heterocycles. The first kappa shape index (κ1) is 14.7. The number of nitrogens with zero attached hydrogens (tertiary/aromatic N) is 1. The molecule has 3 aromatic rings. The molecule has 0 aliphatic rings. The second kappa shape index (κ2) is 5.85. The highest BCUT2D eigenvalue weighted by Crippen LogP contribution is 2.30. The molecule has 0 saturated carbocycles. The van der Waals surface area contributed by atoms with Gasteiger partial charge in [-0.05, 0) is 32.0 Å². The highest BCUT2D eigenvalue weighted by molar-refractivity contribution is 7.20. The van der Waals surface area contributed by atoms with E-state index >= 15 is 0 Å². The number of aromatic nitrogens is 1. The second-order valence-electron chi connectivity index (χ2n) is 5.38. The third-order valence-corrected chi connectivity index (χ3v) is 4.60. The molecule has 0 bridgehead atoms. The Morgan fingerprint density at radius 2 is 2.05 bits per heavy atom. The Kier molecular flexibility index (Phi) is 3.90. The van der Waals surface area contributed by atoms with Gasteiger partial charge in [-0.3, -0.25) is 4.79 Å². The number of carbonyl (C=O) groups is 1. The number of hydrogen-bond acceptors (Lipinski definition) is 3. The number of para-hydroxylation sites is 2. The maximum atomic E-state index is 12.4. The molecule has 0 unspecified atom stereocenters. The third kappa shape index (κ3) is 2.72. The van der Waals surface area contributed by atoms with Crippen molar-refractivity contribution in [2.45, 2.75) is 19.9 Å². The normalized spacial score (nSPS) is 11.1. The molecule has 22 heavy (non-hydrogen) atoms. The minimum Gasteiger partial charge on any atom is -0.495 e. The molecule has 114 valence electrons. The zero-order chi connectivity index (χ0) is 15.7. The van der Waals surface area contributed by atoms with E-state index < -0.39 is 0 Å². The number of amides is 1. The maximum absolute atomic E-state index is 12.4. The van der Waals surface area contributed by atoms with Gasteiger partial charge in [-0.1, -0.05) is 12.1 Å². The predicted octanol–water partition coefficient (Wildman–Crippen LogP) is 4.54. The lowest BCUT2D eigenvalue weighted by molar-refractivity contribution is 0.103. The minimum atomic E-state index is -0.109. The maximum Gasteiger partial charge on any atom is 0.265 e. The lowest BCUT2D eigenvalue weighted by Gasteiger charge is -2.08. The molecule has 4 nitrogen and oxygen atoms in total. The molecule has 1 amide bonds. The second-order valence-corrected chi connectivity index (χ2v) is 6.47. The SMILES string of the molecule is COc1ccccc1NC(=O)c1cc2cn(C(C)C)cc2s1. The molecular weight excluding hydrogens is 296 g/mol. The fourth-order valence-electron chi connectivity index (χ4n) is 2.30. The molecular formula is C17H18N2O2S. The lowest BCUT2D eigenvalue weighted by atomic mass is 10.3. The third-order valence-electron chi connectivity index (χ3n) is 3.52. The summed E-state index contributed by atoms with van der Waals surface area (Å²) in [5.74, 6) is 0.547. The Labute approximate surface area is 133 Å². The van der Waals surface area contributed by atoms with Gasteiger partial charge in [0.15, 0.2) is 0 Å². The van der Waals surface area contributed by atoms with Crippen LogP contribution in [0.15, 0.2) is 42.7 Å². The van der Waals surface area contributed by atoms with E-state index in [9.17, 15) is 4.79 Å². The fraction of sp³-hybridized carbons (Fsp3) is 0.235. The summed E-state index contributed by atoms with van der Waals surface area (Å²) < 4.78 is 8.53. The first-order valence-corrected chi connectivity index (χ1v) is 7.95. The van der Waals surface area contributed by atoms with Crippen LogP contribution in [0.2, 0.25) is 0 Å². The Morgan fingerprint density at radius 1 is 1.27 bits per heavy atom. The van der Waals surface area contributed by atoms with E-state index in [1.54, 1.807) is 7.11 Å². The van der Waals surface area contributed by atoms with Crippen LogP contribution < -0.4 is 10.1 Å². The van der Waals surface area contributed by atoms with Gasteiger partial charge in [-0.2, -0.15) is 0 Å². The number of nitrogens with one attached hydrogen (secondary N) is 1. The predicted molar refractivity (Wildman–Crippen MR) is 91.1 cm³/mol. The van der Waals surface area contributed by atoms with Crippen LogP contribution in [0.4, 0.5) is 5.69 Å². The Bertz CT molecular complexity index is 786. The van der Waals surface area contributed by atoms with E-state index in [0.29, 0.717) is 22.4 Å². The Morgan fingerprint density at radius 3 is 2.73 bits per heavy atom. The summed E-state index contributed by atoms with van der Waals surface area (Å²) in [5, 5.41) is 4.01. The zero-order valence-electron chi connectivity index (χ0n) is 12.8. The summed E-state index contributed by atoms with van der Waals surface area (Å²) in [5.41, 5.74) is 0.681. The number of rotatable bonds is 4. The molecule has 0 aliphatic carbocycles. The molecule has 0 fully saturated rings. The van der Waals surface area contributed by atoms with E-state index in [1.807, 2.05) is 30.3 Å². The molecule has 1 N–H and O–H groups in total. The van der Waals surface area contributed by atoms with Crippen molar-refractivity contribution in [1.29, 1.82) is 0 Å². The first-order valence-electron chi connectivity index (χ1n) is 7.14. The van der Waals surface area contributed by atoms with Crippen molar-refractivity contribution in [1.82, 2.24) is 4.57 Å². The first-order chi connectivity index (χ1) is 10.6. The number of fused-ring (bicyclic) bond motifs is 1. The Hall–Kier alpha value is -2.27. The molecule has 2 aromatic heterocycles. The van der Waals surface area contributed by atoms with Crippen molar-refractivity contribution in [3.8, 4) is 5.75 Å². The van der Waals surface area contributed by atoms with Crippen LogP contribution >= 0.6 is 11.3 Å². The van der Waals surface area contributed by atoms with Gasteiger partial charge in [0.25, 0.3) is 5.91 Å². The van der Waals surface area contributed by atoms with Crippen molar-refractivity contribution in [2.24, 2.45) is 0 Å². The smallest absolute Gasteiger partial charge is 0.265 e. The standard InChI is InChI=1S/C17H18N2O2S/c1-11(2)19-9-12-8-15(22-16(12)10-19)17(20)18-13-6-4-5-7-14(13)21-3/h4-11H,1-3H3,(H,18,20). The van der Waals surface area contributed by atoms with Gasteiger partial charge in [0.1, 0.15) is 5.75 Å². The summed E-state index contributed by atoms with van der Waals surface area (Å²) in [7, 11) is 1.59. The number of anilines is 1. The van der Waals surface area contributed by atoms with Crippen LogP contribution in [0.3, 0.4) is 0 Å². The molecule has 3 rings (SSSR count). The van der Waals surface area contributed by atoms with E-state index in [0.717, 1.165) is 10.1 Å². The summed E-state index contributed by atoms with van der Waals surface area (Å²) in [6.07, 6.45) is 4.17. The van der Waals surface area contributed by atoms with E-state index in [-0.39, 0.29) is 5.91 Å². The van der Waals surface area contributed by atoms with Crippen LogP contribution in [0.25, 0.3) is 10.1 Å². The highest BCUT2D eigenvalue weighted by Gasteiger charge is 2.14. The van der Waals surface area contributed by atoms with Gasteiger partial charge >= 0.3 is 0 Å². The number of hydrogen-bond donors (Lipinski definition) is 1. The number of methoxy groups -OCH3 is 1. The van der Waals surface area contributed by atoms with E-state index in [1.165, 1.54) is 11.3 Å². The number of carbonyl (C=O) groups excluding carboxylic acids is 1. The topological polar surface area (TPSA) is 43.3 Å². The lowest BCUT2D eigenvalue weighted by Crippen LogP contribution is -2.10. The van der Waals surface area contributed by atoms with Crippen molar-refractivity contribution in [3.63, 3.8) is 0 Å². The van der Waals surface area contributed by atoms with Gasteiger partial charge in [-0.25, -0.2) is 0 Å². The highest BCUT2D eigenvalue weighted by atomic mass is 32.1. The van der Waals surface area contributed by atoms with Crippen LogP contribution in [0.1, 0.15) is 29.6 Å². The van der Waals surface area contributed by atoms with E-state index in [4.69, 9.17) is 4.74 Å². The molecule has 2 heterocycles. The van der Waals surface area contributed by atoms with Gasteiger partial charge in [0.2, 0.25) is 0 Å². The van der Waals surface area contributed by atoms with Crippen molar-refractivity contribution >= 4 is 33.0 Å². The Balaban J connectivity index is 1.84. The molecule has 0 spiro atoms. The van der Waals surface area contributed by atoms with Crippen molar-refractivity contribution in [2.75, 3.05) is 12.4 Å². The fourth-order valence-corrected chi connectivity index (χ4v) is 3.27. The average molecular weight is 314 g/mol. The minimum absolute atomic E-state index is 0.109. The van der Waals surface area contributed by atoms with Crippen molar-refractivity contribution in [3.05, 3.63) is 47.6 Å². The zero-order valence-corrected chi connectivity index (χ0v) is 13.6. The number of ether oxygens (including phenoxy) is 1. The van der Waals surface area contributed by atoms with Crippen LogP contribution in [-0.2, 0) is 0 Å². The van der Waals surface area contributed by atoms with Crippen LogP contribution in [0, 0.1) is 0 Å². The summed E-state index contributed by atoms with van der Waals surface area (Å²) in [6.45, 7) is 4.28. The number of benzene rings is 1. The van der Waals surface area contributed by atoms with E-state index in [2.05, 4.69) is 36.1 Å². The molecule has 0 aliphatic heterocycles. The van der Waals surface area contributed by atoms with Crippen LogP contribution in [-0.4, -0.2) is 17.6 Å². The monoisotopic (exact) mass is 314 g/mol. The van der Waals surface area contributed by atoms with Gasteiger partial charge in [-0.15, -0.1) is 11.3 Å².